The summed E-state index contributed by atoms with van der Waals surface area (Å²) in [7, 11) is 0. The van der Waals surface area contributed by atoms with E-state index < -0.39 is 0 Å². The van der Waals surface area contributed by atoms with E-state index in [1.807, 2.05) is 30.3 Å². The van der Waals surface area contributed by atoms with Crippen LogP contribution in [0.4, 0.5) is 16.5 Å². The fraction of sp³-hybridized carbons (Fsp3) is 0.286. The number of hydrogen-bond acceptors (Lipinski definition) is 7. The summed E-state index contributed by atoms with van der Waals surface area (Å²) in [5.41, 5.74) is 3.23. The summed E-state index contributed by atoms with van der Waals surface area (Å²) in [6.45, 7) is 2.94. The Hall–Kier alpha value is -2.58. The lowest BCUT2D eigenvalue weighted by atomic mass is 10.2. The second kappa shape index (κ2) is 9.76. The van der Waals surface area contributed by atoms with Crippen LogP contribution in [0, 0.1) is 0 Å². The van der Waals surface area contributed by atoms with Crippen LogP contribution in [0.3, 0.4) is 0 Å². The normalized spacial score (nSPS) is 13.4. The van der Waals surface area contributed by atoms with Gasteiger partial charge in [0.1, 0.15) is 0 Å². The van der Waals surface area contributed by atoms with E-state index in [0.717, 1.165) is 28.2 Å². The van der Waals surface area contributed by atoms with Crippen LogP contribution in [-0.4, -0.2) is 34.9 Å². The first-order valence-electron chi connectivity index (χ1n) is 9.65. The van der Waals surface area contributed by atoms with E-state index in [2.05, 4.69) is 50.0 Å². The first-order valence-corrected chi connectivity index (χ1v) is 11.5. The zero-order valence-corrected chi connectivity index (χ0v) is 17.6. The molecule has 3 aromatic rings. The molecule has 0 bridgehead atoms. The fourth-order valence-electron chi connectivity index (χ4n) is 3.17. The van der Waals surface area contributed by atoms with Crippen molar-refractivity contribution in [2.24, 2.45) is 0 Å². The highest BCUT2D eigenvalue weighted by atomic mass is 32.2. The van der Waals surface area contributed by atoms with Crippen molar-refractivity contribution in [1.82, 2.24) is 10.2 Å². The molecule has 1 aromatic heterocycles. The smallest absolute Gasteiger partial charge is 0.234 e. The van der Waals surface area contributed by atoms with Crippen LogP contribution in [0.5, 0.6) is 0 Å². The predicted molar refractivity (Wildman–Crippen MR) is 121 cm³/mol. The van der Waals surface area contributed by atoms with Gasteiger partial charge in [0.25, 0.3) is 0 Å². The Balaban J connectivity index is 1.22. The maximum absolute atomic E-state index is 12.2. The third-order valence-corrected chi connectivity index (χ3v) is 6.66. The molecule has 29 heavy (non-hydrogen) atoms. The Morgan fingerprint density at radius 1 is 1.03 bits per heavy atom. The molecule has 1 amide bonds. The van der Waals surface area contributed by atoms with E-state index in [0.29, 0.717) is 12.3 Å². The number of thioether (sulfide) groups is 1. The molecule has 0 aliphatic carbocycles. The van der Waals surface area contributed by atoms with Gasteiger partial charge in [0.15, 0.2) is 4.34 Å². The average Bonchev–Trinajstić information content (AvgIpc) is 3.44. The number of benzene rings is 2. The minimum atomic E-state index is -0.0436. The van der Waals surface area contributed by atoms with Crippen molar-refractivity contribution in [3.63, 3.8) is 0 Å². The minimum Gasteiger partial charge on any atom is -0.372 e. The van der Waals surface area contributed by atoms with Gasteiger partial charge in [0, 0.05) is 31.0 Å². The SMILES string of the molecule is O=C(CSc1nnc(NCc2ccccc2)s1)Nc1ccc(N2CCCC2)cc1. The lowest BCUT2D eigenvalue weighted by molar-refractivity contribution is -0.113. The van der Waals surface area contributed by atoms with Crippen molar-refractivity contribution in [3.8, 4) is 0 Å². The van der Waals surface area contributed by atoms with Gasteiger partial charge in [0.05, 0.1) is 5.75 Å². The zero-order valence-electron chi connectivity index (χ0n) is 16.0. The largest absolute Gasteiger partial charge is 0.372 e. The Kier molecular flexibility index (Phi) is 6.63. The minimum absolute atomic E-state index is 0.0436. The monoisotopic (exact) mass is 425 g/mol. The summed E-state index contributed by atoms with van der Waals surface area (Å²) in [6.07, 6.45) is 2.51. The summed E-state index contributed by atoms with van der Waals surface area (Å²) in [6, 6.07) is 18.2. The lowest BCUT2D eigenvalue weighted by Crippen LogP contribution is -2.18. The summed E-state index contributed by atoms with van der Waals surface area (Å²) in [5.74, 6) is 0.263. The van der Waals surface area contributed by atoms with E-state index in [-0.39, 0.29) is 5.91 Å². The zero-order chi connectivity index (χ0) is 19.9. The number of hydrogen-bond donors (Lipinski definition) is 2. The fourth-order valence-corrected chi connectivity index (χ4v) is 4.72. The number of aromatic nitrogens is 2. The highest BCUT2D eigenvalue weighted by Crippen LogP contribution is 2.26. The highest BCUT2D eigenvalue weighted by Gasteiger charge is 2.12. The standard InChI is InChI=1S/C21H23N5OS2/c27-19(23-17-8-10-18(11-9-17)26-12-4-5-13-26)15-28-21-25-24-20(29-21)22-14-16-6-2-1-3-7-16/h1-3,6-11H,4-5,12-15H2,(H,22,24)(H,23,27). The molecule has 0 saturated carbocycles. The molecule has 0 atom stereocenters. The van der Waals surface area contributed by atoms with E-state index >= 15 is 0 Å². The molecule has 2 aromatic carbocycles. The van der Waals surface area contributed by atoms with Gasteiger partial charge in [-0.25, -0.2) is 0 Å². The van der Waals surface area contributed by atoms with Crippen molar-refractivity contribution in [2.45, 2.75) is 23.7 Å². The molecule has 4 rings (SSSR count). The van der Waals surface area contributed by atoms with Crippen molar-refractivity contribution in [2.75, 3.05) is 34.4 Å². The van der Waals surface area contributed by atoms with Crippen molar-refractivity contribution in [3.05, 3.63) is 60.2 Å². The van der Waals surface area contributed by atoms with Crippen LogP contribution in [0.1, 0.15) is 18.4 Å². The average molecular weight is 426 g/mol. The molecule has 8 heteroatoms. The topological polar surface area (TPSA) is 70.1 Å². The summed E-state index contributed by atoms with van der Waals surface area (Å²) < 4.78 is 0.778. The Morgan fingerprint density at radius 2 is 1.79 bits per heavy atom. The molecule has 1 saturated heterocycles. The molecule has 1 aliphatic heterocycles. The number of nitrogens with one attached hydrogen (secondary N) is 2. The van der Waals surface area contributed by atoms with Crippen molar-refractivity contribution < 1.29 is 4.79 Å². The van der Waals surface area contributed by atoms with Gasteiger partial charge in [0.2, 0.25) is 11.0 Å². The maximum atomic E-state index is 12.2. The van der Waals surface area contributed by atoms with Crippen LogP contribution in [-0.2, 0) is 11.3 Å². The van der Waals surface area contributed by atoms with Gasteiger partial charge in [-0.05, 0) is 42.7 Å². The number of anilines is 3. The van der Waals surface area contributed by atoms with E-state index in [4.69, 9.17) is 0 Å². The third-order valence-electron chi connectivity index (χ3n) is 4.64. The van der Waals surface area contributed by atoms with Gasteiger partial charge >= 0.3 is 0 Å². The van der Waals surface area contributed by atoms with Gasteiger partial charge in [-0.2, -0.15) is 0 Å². The molecule has 1 aliphatic rings. The van der Waals surface area contributed by atoms with Crippen LogP contribution in [0.25, 0.3) is 0 Å². The second-order valence-electron chi connectivity index (χ2n) is 6.79. The van der Waals surface area contributed by atoms with Crippen molar-refractivity contribution in [1.29, 1.82) is 0 Å². The molecule has 2 heterocycles. The lowest BCUT2D eigenvalue weighted by Gasteiger charge is -2.17. The number of nitrogens with zero attached hydrogens (tertiary/aromatic N) is 3. The Bertz CT molecular complexity index is 924. The molecule has 6 nitrogen and oxygen atoms in total. The molecule has 0 spiro atoms. The Labute approximate surface area is 178 Å². The number of carbonyl (C=O) groups excluding carboxylic acids is 1. The van der Waals surface area contributed by atoms with E-state index in [9.17, 15) is 4.79 Å². The highest BCUT2D eigenvalue weighted by molar-refractivity contribution is 8.01. The van der Waals surface area contributed by atoms with E-state index in [1.54, 1.807) is 0 Å². The van der Waals surface area contributed by atoms with Crippen LogP contribution in [0.15, 0.2) is 58.9 Å². The third kappa shape index (κ3) is 5.71. The first kappa shape index (κ1) is 19.7. The van der Waals surface area contributed by atoms with Gasteiger partial charge in [-0.15, -0.1) is 10.2 Å². The quantitative estimate of drug-likeness (QED) is 0.519. The number of carbonyl (C=O) groups is 1. The van der Waals surface area contributed by atoms with E-state index in [1.165, 1.54) is 47.2 Å². The molecule has 0 unspecified atom stereocenters. The summed E-state index contributed by atoms with van der Waals surface area (Å²) in [4.78, 5) is 14.6. The molecule has 1 fully saturated rings. The van der Waals surface area contributed by atoms with Gasteiger partial charge < -0.3 is 15.5 Å². The molecular weight excluding hydrogens is 402 g/mol. The van der Waals surface area contributed by atoms with Crippen LogP contribution in [0.2, 0.25) is 0 Å². The van der Waals surface area contributed by atoms with Crippen LogP contribution < -0.4 is 15.5 Å². The Morgan fingerprint density at radius 3 is 2.55 bits per heavy atom. The maximum Gasteiger partial charge on any atom is 0.234 e. The molecule has 2 N–H and O–H groups in total. The molecule has 150 valence electrons. The predicted octanol–water partition coefficient (Wildman–Crippen LogP) is 4.48. The second-order valence-corrected chi connectivity index (χ2v) is 8.99. The number of rotatable bonds is 8. The van der Waals surface area contributed by atoms with Crippen molar-refractivity contribution >= 4 is 45.5 Å². The molecule has 0 radical (unpaired) electrons. The molecular formula is C21H23N5OS2. The van der Waals surface area contributed by atoms with Gasteiger partial charge in [-0.3, -0.25) is 4.79 Å². The van der Waals surface area contributed by atoms with Gasteiger partial charge in [-0.1, -0.05) is 53.4 Å². The summed E-state index contributed by atoms with van der Waals surface area (Å²) >= 11 is 2.86. The first-order chi connectivity index (χ1) is 14.3. The van der Waals surface area contributed by atoms with Crippen LogP contribution >= 0.6 is 23.1 Å². The summed E-state index contributed by atoms with van der Waals surface area (Å²) in [5, 5.41) is 15.3. The number of amides is 1.